The topological polar surface area (TPSA) is 75.3 Å². The van der Waals surface area contributed by atoms with E-state index in [2.05, 4.69) is 5.32 Å². The summed E-state index contributed by atoms with van der Waals surface area (Å²) in [4.78, 5) is 11.6. The zero-order valence-electron chi connectivity index (χ0n) is 15.7. The quantitative estimate of drug-likeness (QED) is 0.404. The second-order valence-electron chi connectivity index (χ2n) is 6.37. The van der Waals surface area contributed by atoms with Crippen molar-refractivity contribution < 1.29 is 30.8 Å². The van der Waals surface area contributed by atoms with E-state index >= 15 is 0 Å². The van der Waals surface area contributed by atoms with Crippen LogP contribution in [-0.2, 0) is 16.2 Å². The Bertz CT molecular complexity index is 1300. The molecule has 2 N–H and O–H groups in total. The molecule has 0 heterocycles. The summed E-state index contributed by atoms with van der Waals surface area (Å²) in [7, 11) is -4.60. The molecule has 12 heteroatoms. The van der Waals surface area contributed by atoms with Gasteiger partial charge in [-0.1, -0.05) is 35.3 Å². The molecule has 5 nitrogen and oxygen atoms in total. The number of hydrogen-bond donors (Lipinski definition) is 2. The van der Waals surface area contributed by atoms with Crippen molar-refractivity contribution in [2.45, 2.75) is 11.1 Å². The van der Waals surface area contributed by atoms with Crippen LogP contribution >= 0.6 is 23.2 Å². The maximum absolute atomic E-state index is 14.5. The van der Waals surface area contributed by atoms with Crippen molar-refractivity contribution in [2.75, 3.05) is 10.0 Å². The smallest absolute Gasteiger partial charge is 0.319 e. The van der Waals surface area contributed by atoms with Gasteiger partial charge in [0.1, 0.15) is 5.82 Å². The van der Waals surface area contributed by atoms with Crippen LogP contribution in [0.15, 0.2) is 65.6 Å². The van der Waals surface area contributed by atoms with Gasteiger partial charge in [0, 0.05) is 5.02 Å². The van der Waals surface area contributed by atoms with E-state index in [1.54, 1.807) is 16.9 Å². The highest BCUT2D eigenvalue weighted by molar-refractivity contribution is 7.92. The monoisotopic (exact) mass is 506 g/mol. The Labute approximate surface area is 190 Å². The molecule has 1 amide bonds. The van der Waals surface area contributed by atoms with E-state index in [0.717, 1.165) is 24.3 Å². The zero-order chi connectivity index (χ0) is 23.7. The molecule has 0 aliphatic carbocycles. The lowest BCUT2D eigenvalue weighted by atomic mass is 10.2. The van der Waals surface area contributed by atoms with Crippen LogP contribution in [0.2, 0.25) is 10.0 Å². The molecule has 0 radical (unpaired) electrons. The minimum atomic E-state index is -4.89. The van der Waals surface area contributed by atoms with Crippen LogP contribution < -0.4 is 10.0 Å². The Morgan fingerprint density at radius 1 is 0.906 bits per heavy atom. The van der Waals surface area contributed by atoms with E-state index in [-0.39, 0.29) is 21.3 Å². The van der Waals surface area contributed by atoms with Gasteiger partial charge in [-0.05, 0) is 48.5 Å². The van der Waals surface area contributed by atoms with Crippen LogP contribution in [0.3, 0.4) is 0 Å². The number of hydrogen-bond acceptors (Lipinski definition) is 3. The molecule has 32 heavy (non-hydrogen) atoms. The average molecular weight is 507 g/mol. The zero-order valence-corrected chi connectivity index (χ0v) is 18.0. The van der Waals surface area contributed by atoms with E-state index in [1.807, 2.05) is 0 Å². The lowest BCUT2D eigenvalue weighted by molar-refractivity contribution is -0.136. The molecular weight excluding hydrogens is 495 g/mol. The first-order valence-corrected chi connectivity index (χ1v) is 10.9. The average Bonchev–Trinajstić information content (AvgIpc) is 2.70. The fourth-order valence-electron chi connectivity index (χ4n) is 2.64. The van der Waals surface area contributed by atoms with Gasteiger partial charge >= 0.3 is 6.18 Å². The lowest BCUT2D eigenvalue weighted by Crippen LogP contribution is -2.18. The Morgan fingerprint density at radius 2 is 1.56 bits per heavy atom. The van der Waals surface area contributed by atoms with Gasteiger partial charge < -0.3 is 5.32 Å². The Balaban J connectivity index is 1.87. The van der Waals surface area contributed by atoms with Crippen LogP contribution in [0.25, 0.3) is 0 Å². The van der Waals surface area contributed by atoms with Gasteiger partial charge in [-0.3, -0.25) is 9.52 Å². The minimum absolute atomic E-state index is 0.0642. The molecule has 168 valence electrons. The second-order valence-corrected chi connectivity index (χ2v) is 8.89. The minimum Gasteiger partial charge on any atom is -0.319 e. The Hall–Kier alpha value is -2.82. The predicted octanol–water partition coefficient (Wildman–Crippen LogP) is 6.20. The van der Waals surface area contributed by atoms with Gasteiger partial charge in [0.15, 0.2) is 0 Å². The molecule has 3 aromatic rings. The summed E-state index contributed by atoms with van der Waals surface area (Å²) >= 11 is 11.5. The molecule has 0 saturated heterocycles. The van der Waals surface area contributed by atoms with Crippen molar-refractivity contribution in [3.05, 3.63) is 87.7 Å². The highest BCUT2D eigenvalue weighted by Gasteiger charge is 2.35. The van der Waals surface area contributed by atoms with Gasteiger partial charge in [-0.25, -0.2) is 12.8 Å². The molecule has 0 bridgehead atoms. The maximum Gasteiger partial charge on any atom is 0.418 e. The standard InChI is InChI=1S/C20H12Cl2F4N2O3S/c21-11-5-7-17(14(9-11)20(24,25)26)28-32(30,31)12-6-8-18(16(23)10-12)27-19(29)13-3-1-2-4-15(13)22/h1-10,28H,(H,27,29). The normalized spacial score (nSPS) is 11.8. The van der Waals surface area contributed by atoms with Crippen molar-refractivity contribution in [1.29, 1.82) is 0 Å². The number of carbonyl (C=O) groups excluding carboxylic acids is 1. The summed E-state index contributed by atoms with van der Waals surface area (Å²) in [5.74, 6) is -1.86. The summed E-state index contributed by atoms with van der Waals surface area (Å²) < 4.78 is 81.0. The van der Waals surface area contributed by atoms with E-state index in [0.29, 0.717) is 12.1 Å². The third-order valence-electron chi connectivity index (χ3n) is 4.15. The van der Waals surface area contributed by atoms with E-state index in [4.69, 9.17) is 23.2 Å². The number of carbonyl (C=O) groups is 1. The van der Waals surface area contributed by atoms with Crippen molar-refractivity contribution in [1.82, 2.24) is 0 Å². The SMILES string of the molecule is O=C(Nc1ccc(S(=O)(=O)Nc2ccc(Cl)cc2C(F)(F)F)cc1F)c1ccccc1Cl. The molecular formula is C20H12Cl2F4N2O3S. The van der Waals surface area contributed by atoms with Crippen molar-refractivity contribution in [2.24, 2.45) is 0 Å². The van der Waals surface area contributed by atoms with E-state index < -0.39 is 44.1 Å². The Morgan fingerprint density at radius 3 is 2.19 bits per heavy atom. The molecule has 0 aliphatic rings. The van der Waals surface area contributed by atoms with Crippen molar-refractivity contribution in [3.63, 3.8) is 0 Å². The van der Waals surface area contributed by atoms with Gasteiger partial charge in [-0.15, -0.1) is 0 Å². The maximum atomic E-state index is 14.5. The van der Waals surface area contributed by atoms with E-state index in [9.17, 15) is 30.8 Å². The summed E-state index contributed by atoms with van der Waals surface area (Å²) in [5.41, 5.74) is -2.37. The van der Waals surface area contributed by atoms with Crippen LogP contribution in [0, 0.1) is 5.82 Å². The first-order chi connectivity index (χ1) is 14.9. The predicted molar refractivity (Wildman–Crippen MR) is 113 cm³/mol. The molecule has 0 saturated carbocycles. The number of alkyl halides is 3. The number of anilines is 2. The number of benzene rings is 3. The fraction of sp³-hybridized carbons (Fsp3) is 0.0500. The van der Waals surface area contributed by atoms with Gasteiger partial charge in [0.05, 0.1) is 32.4 Å². The second kappa shape index (κ2) is 8.97. The lowest BCUT2D eigenvalue weighted by Gasteiger charge is -2.15. The largest absolute Gasteiger partial charge is 0.418 e. The molecule has 3 rings (SSSR count). The first kappa shape index (κ1) is 23.8. The molecule has 0 atom stereocenters. The number of halogens is 6. The van der Waals surface area contributed by atoms with E-state index in [1.165, 1.54) is 12.1 Å². The van der Waals surface area contributed by atoms with Crippen LogP contribution in [0.4, 0.5) is 28.9 Å². The number of amides is 1. The summed E-state index contributed by atoms with van der Waals surface area (Å²) in [6.45, 7) is 0. The third-order valence-corrected chi connectivity index (χ3v) is 6.08. The van der Waals surface area contributed by atoms with Gasteiger partial charge in [-0.2, -0.15) is 13.2 Å². The van der Waals surface area contributed by atoms with Crippen molar-refractivity contribution >= 4 is 50.5 Å². The summed E-state index contributed by atoms with van der Waals surface area (Å²) in [6.07, 6.45) is -4.89. The molecule has 3 aromatic carbocycles. The number of sulfonamides is 1. The van der Waals surface area contributed by atoms with Gasteiger partial charge in [0.25, 0.3) is 15.9 Å². The molecule has 0 unspecified atom stereocenters. The molecule has 0 spiro atoms. The molecule has 0 aliphatic heterocycles. The van der Waals surface area contributed by atoms with Crippen LogP contribution in [0.1, 0.15) is 15.9 Å². The van der Waals surface area contributed by atoms with Crippen molar-refractivity contribution in [3.8, 4) is 0 Å². The highest BCUT2D eigenvalue weighted by atomic mass is 35.5. The summed E-state index contributed by atoms with van der Waals surface area (Å²) in [5, 5.41) is 2.13. The molecule has 0 fully saturated rings. The fourth-order valence-corrected chi connectivity index (χ4v) is 4.13. The first-order valence-electron chi connectivity index (χ1n) is 8.63. The molecule has 0 aromatic heterocycles. The Kier molecular flexibility index (Phi) is 6.68. The number of rotatable bonds is 5. The summed E-state index contributed by atoms with van der Waals surface area (Å²) in [6, 6.07) is 10.9. The van der Waals surface area contributed by atoms with Crippen LogP contribution in [-0.4, -0.2) is 14.3 Å². The number of nitrogens with one attached hydrogen (secondary N) is 2. The third kappa shape index (κ3) is 5.32. The van der Waals surface area contributed by atoms with Crippen LogP contribution in [0.5, 0.6) is 0 Å². The van der Waals surface area contributed by atoms with Gasteiger partial charge in [0.2, 0.25) is 0 Å². The highest BCUT2D eigenvalue weighted by Crippen LogP contribution is 2.37.